The fourth-order valence-electron chi connectivity index (χ4n) is 2.00. The lowest BCUT2D eigenvalue weighted by Crippen LogP contribution is -2.28. The molecule has 1 fully saturated rings. The van der Waals surface area contributed by atoms with E-state index >= 15 is 0 Å². The Morgan fingerprint density at radius 3 is 2.81 bits per heavy atom. The van der Waals surface area contributed by atoms with Gasteiger partial charge in [0.2, 0.25) is 5.91 Å². The summed E-state index contributed by atoms with van der Waals surface area (Å²) in [4.78, 5) is 11.2. The molecule has 1 aliphatic carbocycles. The molecule has 1 aromatic rings. The van der Waals surface area contributed by atoms with Crippen molar-refractivity contribution in [3.05, 3.63) is 35.4 Å². The van der Waals surface area contributed by atoms with Gasteiger partial charge in [-0.1, -0.05) is 0 Å². The van der Waals surface area contributed by atoms with Crippen molar-refractivity contribution in [2.45, 2.75) is 6.42 Å². The summed E-state index contributed by atoms with van der Waals surface area (Å²) in [5.41, 5.74) is 3.56. The van der Waals surface area contributed by atoms with Crippen LogP contribution in [-0.4, -0.2) is 11.6 Å². The van der Waals surface area contributed by atoms with Gasteiger partial charge in [0.1, 0.15) is 0 Å². The zero-order chi connectivity index (χ0) is 11.3. The lowest BCUT2D eigenvalue weighted by molar-refractivity contribution is -0.122. The summed E-state index contributed by atoms with van der Waals surface area (Å²) >= 11 is 0. The zero-order valence-electron chi connectivity index (χ0n) is 8.21. The lowest BCUT2D eigenvalue weighted by atomic mass is 10.0. The van der Waals surface area contributed by atoms with Crippen molar-refractivity contribution in [1.82, 2.24) is 5.43 Å². The molecule has 1 aromatic carbocycles. The summed E-state index contributed by atoms with van der Waals surface area (Å²) in [5.74, 6) is -1.83. The summed E-state index contributed by atoms with van der Waals surface area (Å²) in [6.45, 7) is 0. The highest BCUT2D eigenvalue weighted by Gasteiger charge is 2.49. The Hall–Kier alpha value is -1.78. The number of benzene rings is 1. The average molecular weight is 222 g/mol. The summed E-state index contributed by atoms with van der Waals surface area (Å²) in [5, 5.41) is 3.90. The lowest BCUT2D eigenvalue weighted by Gasteiger charge is -2.11. The van der Waals surface area contributed by atoms with Crippen LogP contribution in [0, 0.1) is 23.5 Å². The number of rotatable bonds is 1. The topological polar surface area (TPSA) is 41.5 Å². The SMILES string of the molecule is O=C1NN=C(c2ccc(F)c(F)c2)[C@@H]2C[C@H]12. The second kappa shape index (κ2) is 3.10. The Morgan fingerprint density at radius 2 is 2.06 bits per heavy atom. The Labute approximate surface area is 90.2 Å². The van der Waals surface area contributed by atoms with Crippen molar-refractivity contribution < 1.29 is 13.6 Å². The third-order valence-electron chi connectivity index (χ3n) is 2.98. The number of carbonyl (C=O) groups excluding carboxylic acids is 1. The van der Waals surface area contributed by atoms with E-state index in [0.717, 1.165) is 18.6 Å². The van der Waals surface area contributed by atoms with Crippen LogP contribution in [0.4, 0.5) is 8.78 Å². The van der Waals surface area contributed by atoms with Crippen molar-refractivity contribution in [3.8, 4) is 0 Å². The molecule has 3 rings (SSSR count). The first-order chi connectivity index (χ1) is 7.66. The molecule has 0 radical (unpaired) electrons. The number of halogens is 2. The van der Waals surface area contributed by atoms with Crippen LogP contribution in [0.15, 0.2) is 23.3 Å². The van der Waals surface area contributed by atoms with Gasteiger partial charge in [-0.25, -0.2) is 14.2 Å². The molecule has 0 unspecified atom stereocenters. The highest BCUT2D eigenvalue weighted by Crippen LogP contribution is 2.43. The third-order valence-corrected chi connectivity index (χ3v) is 2.98. The first kappa shape index (κ1) is 9.45. The molecule has 0 aromatic heterocycles. The predicted molar refractivity (Wildman–Crippen MR) is 52.6 cm³/mol. The van der Waals surface area contributed by atoms with Gasteiger partial charge in [0, 0.05) is 17.4 Å². The molecule has 1 amide bonds. The van der Waals surface area contributed by atoms with Crippen molar-refractivity contribution in [2.24, 2.45) is 16.9 Å². The van der Waals surface area contributed by atoms with Crippen LogP contribution < -0.4 is 5.43 Å². The highest BCUT2D eigenvalue weighted by molar-refractivity contribution is 6.09. The summed E-state index contributed by atoms with van der Waals surface area (Å²) in [6.07, 6.45) is 0.740. The predicted octanol–water partition coefficient (Wildman–Crippen LogP) is 1.43. The minimum Gasteiger partial charge on any atom is -0.273 e. The second-order valence-electron chi connectivity index (χ2n) is 4.05. The van der Waals surface area contributed by atoms with Crippen LogP contribution in [-0.2, 0) is 4.79 Å². The van der Waals surface area contributed by atoms with Crippen LogP contribution in [0.3, 0.4) is 0 Å². The number of nitrogens with zero attached hydrogens (tertiary/aromatic N) is 1. The van der Waals surface area contributed by atoms with E-state index in [1.807, 2.05) is 0 Å². The molecule has 1 aliphatic heterocycles. The third kappa shape index (κ3) is 1.31. The van der Waals surface area contributed by atoms with Gasteiger partial charge in [0.15, 0.2) is 11.6 Å². The minimum atomic E-state index is -0.894. The Morgan fingerprint density at radius 1 is 1.25 bits per heavy atom. The van der Waals surface area contributed by atoms with Crippen molar-refractivity contribution in [2.75, 3.05) is 0 Å². The molecule has 1 N–H and O–H groups in total. The minimum absolute atomic E-state index is 0.0411. The monoisotopic (exact) mass is 222 g/mol. The van der Waals surface area contributed by atoms with Gasteiger partial charge < -0.3 is 0 Å². The molecule has 2 atom stereocenters. The number of hydrazone groups is 1. The van der Waals surface area contributed by atoms with Crippen molar-refractivity contribution >= 4 is 11.6 Å². The van der Waals surface area contributed by atoms with E-state index in [2.05, 4.69) is 10.5 Å². The Balaban J connectivity index is 1.98. The van der Waals surface area contributed by atoms with Crippen molar-refractivity contribution in [1.29, 1.82) is 0 Å². The average Bonchev–Trinajstić information content (AvgIpc) is 3.04. The number of amides is 1. The first-order valence-corrected chi connectivity index (χ1v) is 4.99. The van der Waals surface area contributed by atoms with Crippen LogP contribution in [0.2, 0.25) is 0 Å². The number of carbonyl (C=O) groups is 1. The van der Waals surface area contributed by atoms with Crippen LogP contribution in [0.25, 0.3) is 0 Å². The van der Waals surface area contributed by atoms with Gasteiger partial charge in [0.25, 0.3) is 0 Å². The van der Waals surface area contributed by atoms with E-state index in [4.69, 9.17) is 0 Å². The van der Waals surface area contributed by atoms with E-state index in [1.165, 1.54) is 6.07 Å². The molecule has 0 bridgehead atoms. The number of hydrogen-bond acceptors (Lipinski definition) is 2. The van der Waals surface area contributed by atoms with Crippen LogP contribution in [0.5, 0.6) is 0 Å². The van der Waals surface area contributed by atoms with Gasteiger partial charge in [0.05, 0.1) is 5.71 Å². The maximum absolute atomic E-state index is 13.0. The zero-order valence-corrected chi connectivity index (χ0v) is 8.21. The number of nitrogens with one attached hydrogen (secondary N) is 1. The summed E-state index contributed by atoms with van der Waals surface area (Å²) in [7, 11) is 0. The normalized spacial score (nSPS) is 26.9. The van der Waals surface area contributed by atoms with Gasteiger partial charge in [-0.3, -0.25) is 4.79 Å². The molecule has 1 heterocycles. The molecule has 3 nitrogen and oxygen atoms in total. The van der Waals surface area contributed by atoms with Gasteiger partial charge in [-0.2, -0.15) is 5.10 Å². The maximum atomic E-state index is 13.0. The Kier molecular flexibility index (Phi) is 1.83. The fraction of sp³-hybridized carbons (Fsp3) is 0.273. The number of hydrogen-bond donors (Lipinski definition) is 1. The van der Waals surface area contributed by atoms with E-state index in [1.54, 1.807) is 0 Å². The van der Waals surface area contributed by atoms with Gasteiger partial charge in [-0.15, -0.1) is 0 Å². The molecule has 82 valence electrons. The molecule has 0 spiro atoms. The molecule has 1 saturated carbocycles. The van der Waals surface area contributed by atoms with Crippen LogP contribution >= 0.6 is 0 Å². The Bertz CT molecular complexity index is 513. The maximum Gasteiger partial charge on any atom is 0.243 e. The summed E-state index contributed by atoms with van der Waals surface area (Å²) < 4.78 is 25.8. The highest BCUT2D eigenvalue weighted by atomic mass is 19.2. The molecule has 5 heteroatoms. The molecular weight excluding hydrogens is 214 g/mol. The van der Waals surface area contributed by atoms with E-state index in [-0.39, 0.29) is 17.7 Å². The standard InChI is InChI=1S/C11H8F2N2O/c12-8-2-1-5(3-9(8)13)10-6-4-7(6)11(16)15-14-10/h1-3,6-7H,4H2,(H,15,16)/t6-,7+/m1/s1. The molecule has 0 saturated heterocycles. The van der Waals surface area contributed by atoms with Crippen LogP contribution in [0.1, 0.15) is 12.0 Å². The van der Waals surface area contributed by atoms with E-state index < -0.39 is 11.6 Å². The molecule has 16 heavy (non-hydrogen) atoms. The van der Waals surface area contributed by atoms with E-state index in [0.29, 0.717) is 11.3 Å². The van der Waals surface area contributed by atoms with Gasteiger partial charge in [-0.05, 0) is 24.6 Å². The van der Waals surface area contributed by atoms with Crippen molar-refractivity contribution in [3.63, 3.8) is 0 Å². The largest absolute Gasteiger partial charge is 0.273 e. The van der Waals surface area contributed by atoms with Gasteiger partial charge >= 0.3 is 0 Å². The fourth-order valence-corrected chi connectivity index (χ4v) is 2.00. The molecular formula is C11H8F2N2O. The summed E-state index contributed by atoms with van der Waals surface area (Å²) in [6, 6.07) is 3.66. The quantitative estimate of drug-likeness (QED) is 0.767. The number of fused-ring (bicyclic) bond motifs is 1. The smallest absolute Gasteiger partial charge is 0.243 e. The molecule has 2 aliphatic rings. The first-order valence-electron chi connectivity index (χ1n) is 4.99. The van der Waals surface area contributed by atoms with E-state index in [9.17, 15) is 13.6 Å². The second-order valence-corrected chi connectivity index (χ2v) is 4.05.